The van der Waals surface area contributed by atoms with E-state index in [1.807, 2.05) is 0 Å². The summed E-state index contributed by atoms with van der Waals surface area (Å²) in [5.74, 6) is 0. The molecule has 1 rings (SSSR count). The Kier molecular flexibility index (Phi) is 2.80. The van der Waals surface area contributed by atoms with E-state index in [2.05, 4.69) is 72.1 Å². The average molecular weight is 207 g/mol. The lowest BCUT2D eigenvalue weighted by atomic mass is 9.65. The Bertz CT molecular complexity index is 296. The van der Waals surface area contributed by atoms with Gasteiger partial charge in [-0.05, 0) is 11.6 Å². The number of nitrogens with one attached hydrogen (secondary N) is 1. The van der Waals surface area contributed by atoms with Gasteiger partial charge in [-0.1, -0.05) is 60.6 Å². The molecule has 0 radical (unpaired) electrons. The van der Waals surface area contributed by atoms with Crippen LogP contribution in [0.5, 0.6) is 0 Å². The Hall–Kier alpha value is -0.720. The lowest BCUT2D eigenvalue weighted by Crippen LogP contribution is -2.35. The van der Waals surface area contributed by atoms with E-state index in [1.165, 1.54) is 5.70 Å². The highest BCUT2D eigenvalue weighted by atomic mass is 14.9. The van der Waals surface area contributed by atoms with Gasteiger partial charge in [0.1, 0.15) is 0 Å². The molecule has 0 aromatic rings. The highest BCUT2D eigenvalue weighted by Crippen LogP contribution is 2.44. The molecule has 1 N–H and O–H groups in total. The summed E-state index contributed by atoms with van der Waals surface area (Å²) in [4.78, 5) is 0. The monoisotopic (exact) mass is 207 g/mol. The van der Waals surface area contributed by atoms with Crippen LogP contribution in [-0.2, 0) is 0 Å². The fourth-order valence-corrected chi connectivity index (χ4v) is 1.59. The third kappa shape index (κ3) is 2.45. The van der Waals surface area contributed by atoms with Crippen LogP contribution in [0.25, 0.3) is 0 Å². The minimum absolute atomic E-state index is 0.140. The Balaban J connectivity index is 3.10. The van der Waals surface area contributed by atoms with Crippen LogP contribution in [0.3, 0.4) is 0 Å². The molecular formula is C14H25N. The molecule has 0 saturated heterocycles. The Morgan fingerprint density at radius 1 is 1.07 bits per heavy atom. The summed E-state index contributed by atoms with van der Waals surface area (Å²) >= 11 is 0. The molecule has 1 atom stereocenters. The Morgan fingerprint density at radius 2 is 1.60 bits per heavy atom. The van der Waals surface area contributed by atoms with E-state index >= 15 is 0 Å². The first-order valence-electron chi connectivity index (χ1n) is 5.74. The van der Waals surface area contributed by atoms with Crippen molar-refractivity contribution in [1.82, 2.24) is 5.32 Å². The number of hydrogen-bond donors (Lipinski definition) is 1. The minimum Gasteiger partial charge on any atom is -0.365 e. The predicted molar refractivity (Wildman–Crippen MR) is 67.4 cm³/mol. The second-order valence-electron chi connectivity index (χ2n) is 6.82. The smallest absolute Gasteiger partial charge is 0.0169 e. The normalized spacial score (nSPS) is 27.3. The number of dihydropyridines is 1. The Labute approximate surface area is 94.6 Å². The molecular weight excluding hydrogens is 182 g/mol. The summed E-state index contributed by atoms with van der Waals surface area (Å²) in [5.41, 5.74) is 1.91. The topological polar surface area (TPSA) is 12.0 Å². The van der Waals surface area contributed by atoms with E-state index in [4.69, 9.17) is 0 Å². The SMILES string of the molecule is CC(C)(C)C1=CC(C)(C(C)(C)C)C=CN1. The highest BCUT2D eigenvalue weighted by Gasteiger charge is 2.36. The molecule has 0 spiro atoms. The summed E-state index contributed by atoms with van der Waals surface area (Å²) in [6.45, 7) is 15.9. The summed E-state index contributed by atoms with van der Waals surface area (Å²) in [5, 5.41) is 3.37. The van der Waals surface area contributed by atoms with Gasteiger partial charge in [-0.25, -0.2) is 0 Å². The molecule has 0 bridgehead atoms. The third-order valence-electron chi connectivity index (χ3n) is 3.54. The molecule has 1 aliphatic heterocycles. The fraction of sp³-hybridized carbons (Fsp3) is 0.714. The molecule has 0 amide bonds. The van der Waals surface area contributed by atoms with E-state index in [1.54, 1.807) is 0 Å². The van der Waals surface area contributed by atoms with Crippen LogP contribution in [0.15, 0.2) is 24.0 Å². The van der Waals surface area contributed by atoms with Gasteiger partial charge in [0.25, 0.3) is 0 Å². The first kappa shape index (κ1) is 12.4. The van der Waals surface area contributed by atoms with Gasteiger partial charge in [0.15, 0.2) is 0 Å². The van der Waals surface area contributed by atoms with Gasteiger partial charge in [-0.2, -0.15) is 0 Å². The summed E-state index contributed by atoms with van der Waals surface area (Å²) < 4.78 is 0. The van der Waals surface area contributed by atoms with Gasteiger partial charge in [0.2, 0.25) is 0 Å². The predicted octanol–water partition coefficient (Wildman–Crippen LogP) is 4.09. The number of rotatable bonds is 0. The van der Waals surface area contributed by atoms with Crippen molar-refractivity contribution in [2.75, 3.05) is 0 Å². The van der Waals surface area contributed by atoms with Crippen molar-refractivity contribution in [3.05, 3.63) is 24.0 Å². The molecule has 1 nitrogen and oxygen atoms in total. The maximum Gasteiger partial charge on any atom is 0.0169 e. The van der Waals surface area contributed by atoms with Crippen LogP contribution in [-0.4, -0.2) is 0 Å². The first-order valence-corrected chi connectivity index (χ1v) is 5.74. The highest BCUT2D eigenvalue weighted by molar-refractivity contribution is 5.26. The van der Waals surface area contributed by atoms with Crippen molar-refractivity contribution in [2.24, 2.45) is 16.2 Å². The average Bonchev–Trinajstić information content (AvgIpc) is 2.00. The van der Waals surface area contributed by atoms with E-state index in [0.717, 1.165) is 0 Å². The quantitative estimate of drug-likeness (QED) is 0.631. The van der Waals surface area contributed by atoms with Crippen molar-refractivity contribution in [2.45, 2.75) is 48.5 Å². The van der Waals surface area contributed by atoms with Crippen molar-refractivity contribution in [1.29, 1.82) is 0 Å². The van der Waals surface area contributed by atoms with Crippen LogP contribution < -0.4 is 5.32 Å². The molecule has 0 aromatic heterocycles. The molecule has 0 saturated carbocycles. The molecule has 1 aliphatic rings. The molecule has 0 fully saturated rings. The Morgan fingerprint density at radius 3 is 2.00 bits per heavy atom. The van der Waals surface area contributed by atoms with Crippen molar-refractivity contribution in [3.63, 3.8) is 0 Å². The van der Waals surface area contributed by atoms with Crippen LogP contribution >= 0.6 is 0 Å². The third-order valence-corrected chi connectivity index (χ3v) is 3.54. The van der Waals surface area contributed by atoms with Crippen LogP contribution in [0.1, 0.15) is 48.5 Å². The zero-order valence-electron chi connectivity index (χ0n) is 11.2. The van der Waals surface area contributed by atoms with E-state index < -0.39 is 0 Å². The van der Waals surface area contributed by atoms with E-state index in [-0.39, 0.29) is 16.2 Å². The summed E-state index contributed by atoms with van der Waals surface area (Å²) in [7, 11) is 0. The van der Waals surface area contributed by atoms with Crippen molar-refractivity contribution < 1.29 is 0 Å². The molecule has 1 heteroatoms. The van der Waals surface area contributed by atoms with Gasteiger partial charge >= 0.3 is 0 Å². The van der Waals surface area contributed by atoms with Gasteiger partial charge in [0, 0.05) is 16.5 Å². The van der Waals surface area contributed by atoms with Gasteiger partial charge < -0.3 is 5.32 Å². The van der Waals surface area contributed by atoms with Gasteiger partial charge in [-0.15, -0.1) is 0 Å². The van der Waals surface area contributed by atoms with Crippen LogP contribution in [0.4, 0.5) is 0 Å². The molecule has 15 heavy (non-hydrogen) atoms. The van der Waals surface area contributed by atoms with Crippen LogP contribution in [0.2, 0.25) is 0 Å². The van der Waals surface area contributed by atoms with Crippen molar-refractivity contribution in [3.8, 4) is 0 Å². The van der Waals surface area contributed by atoms with Gasteiger partial charge in [-0.3, -0.25) is 0 Å². The number of allylic oxidation sites excluding steroid dienone is 3. The number of hydrogen-bond acceptors (Lipinski definition) is 1. The standard InChI is InChI=1S/C14H25N/c1-12(2,3)11-10-14(7,8-9-15-11)13(4,5)6/h8-10,15H,1-7H3. The summed E-state index contributed by atoms with van der Waals surface area (Å²) in [6.07, 6.45) is 6.74. The summed E-state index contributed by atoms with van der Waals surface area (Å²) in [6, 6.07) is 0. The molecule has 1 heterocycles. The maximum absolute atomic E-state index is 3.37. The zero-order valence-corrected chi connectivity index (χ0v) is 11.2. The molecule has 0 aliphatic carbocycles. The lowest BCUT2D eigenvalue weighted by Gasteiger charge is -2.41. The zero-order chi connectivity index (χ0) is 11.9. The molecule has 0 aromatic carbocycles. The molecule has 1 unspecified atom stereocenters. The van der Waals surface area contributed by atoms with Crippen molar-refractivity contribution >= 4 is 0 Å². The second kappa shape index (κ2) is 3.40. The second-order valence-corrected chi connectivity index (χ2v) is 6.82. The largest absolute Gasteiger partial charge is 0.365 e. The molecule has 86 valence electrons. The van der Waals surface area contributed by atoms with E-state index in [0.29, 0.717) is 0 Å². The minimum atomic E-state index is 0.140. The maximum atomic E-state index is 3.37. The van der Waals surface area contributed by atoms with Crippen LogP contribution in [0, 0.1) is 16.2 Å². The van der Waals surface area contributed by atoms with E-state index in [9.17, 15) is 0 Å². The first-order chi connectivity index (χ1) is 6.56. The van der Waals surface area contributed by atoms with Gasteiger partial charge in [0.05, 0.1) is 0 Å². The fourth-order valence-electron chi connectivity index (χ4n) is 1.59. The lowest BCUT2D eigenvalue weighted by molar-refractivity contribution is 0.219.